The van der Waals surface area contributed by atoms with Crippen molar-refractivity contribution in [2.24, 2.45) is 5.92 Å². The average Bonchev–Trinajstić information content (AvgIpc) is 2.38. The van der Waals surface area contributed by atoms with E-state index in [9.17, 15) is 13.9 Å². The number of nitrogens with zero attached hydrogens (tertiary/aromatic N) is 1. The lowest BCUT2D eigenvalue weighted by Gasteiger charge is -2.34. The molecule has 1 unspecified atom stereocenters. The quantitative estimate of drug-likeness (QED) is 0.877. The summed E-state index contributed by atoms with van der Waals surface area (Å²) in [6.45, 7) is 1.65. The zero-order chi connectivity index (χ0) is 13.8. The SMILES string of the molecule is CNCc1cc(F)c(N2CCCC(CO)C2)c(F)c1. The van der Waals surface area contributed by atoms with Gasteiger partial charge in [-0.05, 0) is 43.5 Å². The van der Waals surface area contributed by atoms with Gasteiger partial charge in [0.05, 0.1) is 0 Å². The highest BCUT2D eigenvalue weighted by atomic mass is 19.1. The lowest BCUT2D eigenvalue weighted by Crippen LogP contribution is -2.37. The summed E-state index contributed by atoms with van der Waals surface area (Å²) in [6, 6.07) is 2.74. The van der Waals surface area contributed by atoms with Crippen molar-refractivity contribution >= 4 is 5.69 Å². The lowest BCUT2D eigenvalue weighted by molar-refractivity contribution is 0.208. The Labute approximate surface area is 112 Å². The molecule has 5 heteroatoms. The van der Waals surface area contributed by atoms with Crippen molar-refractivity contribution in [2.75, 3.05) is 31.6 Å². The van der Waals surface area contributed by atoms with Crippen LogP contribution in [0, 0.1) is 17.6 Å². The van der Waals surface area contributed by atoms with Gasteiger partial charge in [0.25, 0.3) is 0 Å². The average molecular weight is 270 g/mol. The van der Waals surface area contributed by atoms with E-state index in [4.69, 9.17) is 0 Å². The summed E-state index contributed by atoms with van der Waals surface area (Å²) in [7, 11) is 1.74. The van der Waals surface area contributed by atoms with E-state index < -0.39 is 11.6 Å². The zero-order valence-corrected chi connectivity index (χ0v) is 11.1. The molecule has 0 aromatic heterocycles. The first kappa shape index (κ1) is 14.2. The van der Waals surface area contributed by atoms with E-state index >= 15 is 0 Å². The van der Waals surface area contributed by atoms with Crippen LogP contribution in [0.1, 0.15) is 18.4 Å². The molecule has 1 aromatic rings. The molecule has 106 valence electrons. The zero-order valence-electron chi connectivity index (χ0n) is 11.1. The summed E-state index contributed by atoms with van der Waals surface area (Å²) in [5.74, 6) is -0.947. The monoisotopic (exact) mass is 270 g/mol. The minimum absolute atomic E-state index is 0.0398. The highest BCUT2D eigenvalue weighted by Crippen LogP contribution is 2.29. The van der Waals surface area contributed by atoms with E-state index in [-0.39, 0.29) is 18.2 Å². The fourth-order valence-electron chi connectivity index (χ4n) is 2.64. The molecule has 1 fully saturated rings. The van der Waals surface area contributed by atoms with Gasteiger partial charge in [-0.1, -0.05) is 0 Å². The van der Waals surface area contributed by atoms with Gasteiger partial charge in [-0.25, -0.2) is 8.78 Å². The second-order valence-corrected chi connectivity index (χ2v) is 5.08. The summed E-state index contributed by atoms with van der Waals surface area (Å²) in [4.78, 5) is 1.71. The molecule has 0 saturated carbocycles. The first-order valence-corrected chi connectivity index (χ1v) is 6.64. The van der Waals surface area contributed by atoms with Crippen LogP contribution in [0.4, 0.5) is 14.5 Å². The number of hydrogen-bond acceptors (Lipinski definition) is 3. The molecule has 19 heavy (non-hydrogen) atoms. The molecule has 2 rings (SSSR count). The molecule has 1 heterocycles. The highest BCUT2D eigenvalue weighted by Gasteiger charge is 2.24. The molecule has 3 nitrogen and oxygen atoms in total. The number of aliphatic hydroxyl groups excluding tert-OH is 1. The van der Waals surface area contributed by atoms with Gasteiger partial charge in [-0.3, -0.25) is 0 Å². The molecule has 1 aromatic carbocycles. The van der Waals surface area contributed by atoms with E-state index in [2.05, 4.69) is 5.32 Å². The maximum absolute atomic E-state index is 14.1. The fraction of sp³-hybridized carbons (Fsp3) is 0.571. The molecule has 1 aliphatic heterocycles. The van der Waals surface area contributed by atoms with Crippen molar-refractivity contribution in [3.8, 4) is 0 Å². The van der Waals surface area contributed by atoms with E-state index in [1.54, 1.807) is 11.9 Å². The van der Waals surface area contributed by atoms with Gasteiger partial charge in [0.2, 0.25) is 0 Å². The molecular weight excluding hydrogens is 250 g/mol. The number of rotatable bonds is 4. The lowest BCUT2D eigenvalue weighted by atomic mass is 9.98. The molecule has 0 amide bonds. The Morgan fingerprint density at radius 3 is 2.63 bits per heavy atom. The topological polar surface area (TPSA) is 35.5 Å². The Kier molecular flexibility index (Phi) is 4.71. The first-order chi connectivity index (χ1) is 9.15. The van der Waals surface area contributed by atoms with Crippen LogP contribution in [-0.2, 0) is 6.54 Å². The molecule has 0 radical (unpaired) electrons. The van der Waals surface area contributed by atoms with Crippen molar-refractivity contribution < 1.29 is 13.9 Å². The third-order valence-corrected chi connectivity index (χ3v) is 3.55. The molecule has 1 atom stereocenters. The van der Waals surface area contributed by atoms with Gasteiger partial charge in [-0.15, -0.1) is 0 Å². The predicted octanol–water partition coefficient (Wildman–Crippen LogP) is 1.89. The van der Waals surface area contributed by atoms with Gasteiger partial charge in [0.1, 0.15) is 17.3 Å². The normalized spacial score (nSPS) is 19.8. The van der Waals surface area contributed by atoms with Crippen LogP contribution in [-0.4, -0.2) is 31.9 Å². The Balaban J connectivity index is 2.24. The van der Waals surface area contributed by atoms with E-state index in [0.29, 0.717) is 25.2 Å². The molecule has 1 saturated heterocycles. The minimum atomic E-state index is -0.524. The number of anilines is 1. The summed E-state index contributed by atoms with van der Waals surface area (Å²) in [6.07, 6.45) is 1.76. The van der Waals surface area contributed by atoms with Crippen LogP contribution in [0.3, 0.4) is 0 Å². The van der Waals surface area contributed by atoms with Gasteiger partial charge >= 0.3 is 0 Å². The Morgan fingerprint density at radius 2 is 2.05 bits per heavy atom. The smallest absolute Gasteiger partial charge is 0.149 e. The summed E-state index contributed by atoms with van der Waals surface area (Å²) in [5.41, 5.74) is 0.634. The number of nitrogens with one attached hydrogen (secondary N) is 1. The molecule has 0 aliphatic carbocycles. The predicted molar refractivity (Wildman–Crippen MR) is 71.1 cm³/mol. The van der Waals surface area contributed by atoms with Gasteiger partial charge < -0.3 is 15.3 Å². The number of piperidine rings is 1. The van der Waals surface area contributed by atoms with Crippen LogP contribution >= 0.6 is 0 Å². The Morgan fingerprint density at radius 1 is 1.37 bits per heavy atom. The van der Waals surface area contributed by atoms with Crippen LogP contribution in [0.2, 0.25) is 0 Å². The van der Waals surface area contributed by atoms with Crippen LogP contribution in [0.15, 0.2) is 12.1 Å². The summed E-state index contributed by atoms with van der Waals surface area (Å²) >= 11 is 0. The van der Waals surface area contributed by atoms with Crippen molar-refractivity contribution in [3.05, 3.63) is 29.3 Å². The summed E-state index contributed by atoms with van der Waals surface area (Å²) in [5, 5.41) is 12.1. The van der Waals surface area contributed by atoms with Crippen molar-refractivity contribution in [1.29, 1.82) is 0 Å². The highest BCUT2D eigenvalue weighted by molar-refractivity contribution is 5.51. The van der Waals surface area contributed by atoms with Gasteiger partial charge in [-0.2, -0.15) is 0 Å². The molecule has 1 aliphatic rings. The molecular formula is C14H20F2N2O. The number of benzene rings is 1. The Bertz CT molecular complexity index is 416. The van der Waals surface area contributed by atoms with Crippen molar-refractivity contribution in [1.82, 2.24) is 5.32 Å². The van der Waals surface area contributed by atoms with Gasteiger partial charge in [0.15, 0.2) is 0 Å². The Hall–Kier alpha value is -1.20. The fourth-order valence-corrected chi connectivity index (χ4v) is 2.64. The third-order valence-electron chi connectivity index (χ3n) is 3.55. The standard InChI is InChI=1S/C14H20F2N2O/c1-17-7-11-5-12(15)14(13(16)6-11)18-4-2-3-10(8-18)9-19/h5-6,10,17,19H,2-4,7-9H2,1H3. The van der Waals surface area contributed by atoms with Crippen LogP contribution in [0.5, 0.6) is 0 Å². The second kappa shape index (κ2) is 6.30. The molecule has 0 bridgehead atoms. The first-order valence-electron chi connectivity index (χ1n) is 6.64. The van der Waals surface area contributed by atoms with Crippen LogP contribution in [0.25, 0.3) is 0 Å². The molecule has 2 N–H and O–H groups in total. The maximum Gasteiger partial charge on any atom is 0.149 e. The number of hydrogen-bond donors (Lipinski definition) is 2. The third kappa shape index (κ3) is 3.22. The summed E-state index contributed by atoms with van der Waals surface area (Å²) < 4.78 is 28.2. The second-order valence-electron chi connectivity index (χ2n) is 5.08. The molecule has 0 spiro atoms. The van der Waals surface area contributed by atoms with E-state index in [1.165, 1.54) is 12.1 Å². The van der Waals surface area contributed by atoms with Crippen LogP contribution < -0.4 is 10.2 Å². The van der Waals surface area contributed by atoms with Crippen molar-refractivity contribution in [2.45, 2.75) is 19.4 Å². The van der Waals surface area contributed by atoms with E-state index in [0.717, 1.165) is 12.8 Å². The maximum atomic E-state index is 14.1. The largest absolute Gasteiger partial charge is 0.396 e. The minimum Gasteiger partial charge on any atom is -0.396 e. The number of halogens is 2. The van der Waals surface area contributed by atoms with Gasteiger partial charge in [0, 0.05) is 26.2 Å². The number of aliphatic hydroxyl groups is 1. The van der Waals surface area contributed by atoms with Crippen molar-refractivity contribution in [3.63, 3.8) is 0 Å². The van der Waals surface area contributed by atoms with E-state index in [1.807, 2.05) is 0 Å².